The number of hydrogen-bond acceptors (Lipinski definition) is 4. The molecule has 0 saturated heterocycles. The summed E-state index contributed by atoms with van der Waals surface area (Å²) in [6.45, 7) is 0.380. The molecule has 0 aliphatic heterocycles. The van der Waals surface area contributed by atoms with Crippen molar-refractivity contribution in [1.29, 1.82) is 0 Å². The predicted octanol–water partition coefficient (Wildman–Crippen LogP) is 5.13. The first-order valence-electron chi connectivity index (χ1n) is 7.07. The van der Waals surface area contributed by atoms with Crippen LogP contribution in [0.25, 0.3) is 0 Å². The summed E-state index contributed by atoms with van der Waals surface area (Å²) in [6, 6.07) is 12.3. The van der Waals surface area contributed by atoms with Gasteiger partial charge in [0.05, 0.1) is 6.54 Å². The van der Waals surface area contributed by atoms with E-state index >= 15 is 0 Å². The van der Waals surface area contributed by atoms with E-state index in [0.717, 1.165) is 14.6 Å². The number of nitrogens with one attached hydrogen (secondary N) is 1. The van der Waals surface area contributed by atoms with Crippen LogP contribution in [0, 0.1) is 0 Å². The van der Waals surface area contributed by atoms with Crippen LogP contribution in [-0.2, 0) is 6.54 Å². The van der Waals surface area contributed by atoms with E-state index in [2.05, 4.69) is 5.32 Å². The number of carbonyl (C=O) groups is 1. The van der Waals surface area contributed by atoms with Crippen molar-refractivity contribution in [1.82, 2.24) is 5.32 Å². The number of aliphatic hydroxyl groups excluding tert-OH is 1. The minimum absolute atomic E-state index is 0.242. The van der Waals surface area contributed by atoms with Gasteiger partial charge in [-0.05, 0) is 41.8 Å². The Morgan fingerprint density at radius 2 is 1.88 bits per heavy atom. The molecule has 0 fully saturated rings. The van der Waals surface area contributed by atoms with Crippen LogP contribution < -0.4 is 5.32 Å². The molecule has 7 heteroatoms. The summed E-state index contributed by atoms with van der Waals surface area (Å²) in [5.74, 6) is -0.242. The Morgan fingerprint density at radius 1 is 1.12 bits per heavy atom. The zero-order valence-electron chi connectivity index (χ0n) is 12.3. The van der Waals surface area contributed by atoms with Gasteiger partial charge in [-0.2, -0.15) is 0 Å². The fourth-order valence-electron chi connectivity index (χ4n) is 2.18. The van der Waals surface area contributed by atoms with Crippen molar-refractivity contribution in [2.75, 3.05) is 0 Å². The lowest BCUT2D eigenvalue weighted by Gasteiger charge is -2.06. The van der Waals surface area contributed by atoms with Gasteiger partial charge >= 0.3 is 0 Å². The fraction of sp³-hybridized carbons (Fsp3) is 0.118. The number of aliphatic hydroxyl groups is 1. The van der Waals surface area contributed by atoms with Crippen molar-refractivity contribution >= 4 is 51.8 Å². The van der Waals surface area contributed by atoms with E-state index in [1.807, 2.05) is 29.6 Å². The highest BCUT2D eigenvalue weighted by atomic mass is 35.5. The first-order chi connectivity index (χ1) is 11.5. The molecule has 3 aromatic rings. The molecule has 124 valence electrons. The average Bonchev–Trinajstić information content (AvgIpc) is 3.22. The van der Waals surface area contributed by atoms with Crippen molar-refractivity contribution in [2.24, 2.45) is 0 Å². The number of carbonyl (C=O) groups excluding carboxylic acids is 1. The van der Waals surface area contributed by atoms with E-state index < -0.39 is 6.10 Å². The van der Waals surface area contributed by atoms with Crippen molar-refractivity contribution in [3.05, 3.63) is 78.1 Å². The van der Waals surface area contributed by atoms with Crippen LogP contribution in [0.3, 0.4) is 0 Å². The standard InChI is InChI=1S/C17H13Cl2NO2S2/c18-11-6-10(7-12(19)8-11)17(22)20-9-13-3-4-15(24-13)16(21)14-2-1-5-23-14/h1-8,16,21H,9H2,(H,20,22). The van der Waals surface area contributed by atoms with Crippen LogP contribution in [0.4, 0.5) is 0 Å². The molecule has 0 radical (unpaired) electrons. The molecule has 2 heterocycles. The fourth-order valence-corrected chi connectivity index (χ4v) is 4.46. The van der Waals surface area contributed by atoms with Crippen LogP contribution in [0.5, 0.6) is 0 Å². The summed E-state index contributed by atoms with van der Waals surface area (Å²) in [5, 5.41) is 15.9. The normalized spacial score (nSPS) is 12.1. The van der Waals surface area contributed by atoms with E-state index in [1.165, 1.54) is 22.7 Å². The molecule has 0 spiro atoms. The molecule has 1 atom stereocenters. The Hall–Kier alpha value is -1.37. The zero-order chi connectivity index (χ0) is 17.1. The van der Waals surface area contributed by atoms with Crippen LogP contribution in [-0.4, -0.2) is 11.0 Å². The van der Waals surface area contributed by atoms with Crippen molar-refractivity contribution in [3.8, 4) is 0 Å². The third-order valence-electron chi connectivity index (χ3n) is 3.31. The Bertz CT molecular complexity index is 826. The summed E-state index contributed by atoms with van der Waals surface area (Å²) in [6.07, 6.45) is -0.619. The lowest BCUT2D eigenvalue weighted by atomic mass is 10.2. The van der Waals surface area contributed by atoms with Crippen LogP contribution in [0.2, 0.25) is 10.0 Å². The molecular formula is C17H13Cl2NO2S2. The molecule has 0 aliphatic rings. The molecule has 2 aromatic heterocycles. The SMILES string of the molecule is O=C(NCc1ccc(C(O)c2cccs2)s1)c1cc(Cl)cc(Cl)c1. The van der Waals surface area contributed by atoms with Gasteiger partial charge in [-0.25, -0.2) is 0 Å². The molecule has 3 rings (SSSR count). The van der Waals surface area contributed by atoms with Crippen molar-refractivity contribution in [3.63, 3.8) is 0 Å². The first kappa shape index (κ1) is 17.5. The Morgan fingerprint density at radius 3 is 2.54 bits per heavy atom. The van der Waals surface area contributed by atoms with Gasteiger partial charge in [0, 0.05) is 30.2 Å². The van der Waals surface area contributed by atoms with Gasteiger partial charge in [-0.15, -0.1) is 22.7 Å². The van der Waals surface area contributed by atoms with Crippen LogP contribution in [0.15, 0.2) is 47.8 Å². The number of benzene rings is 1. The predicted molar refractivity (Wildman–Crippen MR) is 100 cm³/mol. The smallest absolute Gasteiger partial charge is 0.251 e. The molecule has 0 aliphatic carbocycles. The van der Waals surface area contributed by atoms with Crippen molar-refractivity contribution in [2.45, 2.75) is 12.6 Å². The number of rotatable bonds is 5. The molecule has 24 heavy (non-hydrogen) atoms. The van der Waals surface area contributed by atoms with E-state index in [-0.39, 0.29) is 5.91 Å². The average molecular weight is 398 g/mol. The molecule has 1 unspecified atom stereocenters. The van der Waals surface area contributed by atoms with Gasteiger partial charge < -0.3 is 10.4 Å². The number of thiophene rings is 2. The third kappa shape index (κ3) is 4.18. The van der Waals surface area contributed by atoms with Gasteiger partial charge in [0.2, 0.25) is 0 Å². The third-order valence-corrected chi connectivity index (χ3v) is 5.81. The Balaban J connectivity index is 1.64. The maximum absolute atomic E-state index is 12.2. The molecule has 0 saturated carbocycles. The lowest BCUT2D eigenvalue weighted by molar-refractivity contribution is 0.0951. The minimum atomic E-state index is -0.619. The van der Waals surface area contributed by atoms with Crippen LogP contribution >= 0.6 is 45.9 Å². The highest BCUT2D eigenvalue weighted by Crippen LogP contribution is 2.30. The Labute approximate surface area is 157 Å². The highest BCUT2D eigenvalue weighted by molar-refractivity contribution is 7.12. The van der Waals surface area contributed by atoms with E-state index in [0.29, 0.717) is 22.2 Å². The molecule has 0 bridgehead atoms. The van der Waals surface area contributed by atoms with Crippen LogP contribution in [0.1, 0.15) is 31.1 Å². The van der Waals surface area contributed by atoms with Gasteiger partial charge in [0.1, 0.15) is 6.10 Å². The quantitative estimate of drug-likeness (QED) is 0.626. The summed E-state index contributed by atoms with van der Waals surface area (Å²) >= 11 is 14.8. The summed E-state index contributed by atoms with van der Waals surface area (Å²) in [7, 11) is 0. The van der Waals surface area contributed by atoms with Gasteiger partial charge in [0.15, 0.2) is 0 Å². The summed E-state index contributed by atoms with van der Waals surface area (Å²) in [4.78, 5) is 14.9. The maximum atomic E-state index is 12.2. The van der Waals surface area contributed by atoms with E-state index in [4.69, 9.17) is 23.2 Å². The number of hydrogen-bond donors (Lipinski definition) is 2. The number of amides is 1. The second-order valence-electron chi connectivity index (χ2n) is 5.06. The van der Waals surface area contributed by atoms with E-state index in [1.54, 1.807) is 18.2 Å². The second-order valence-corrected chi connectivity index (χ2v) is 8.11. The summed E-state index contributed by atoms with van der Waals surface area (Å²) < 4.78 is 0. The molecule has 1 amide bonds. The molecule has 2 N–H and O–H groups in total. The number of halogens is 2. The molecular weight excluding hydrogens is 385 g/mol. The maximum Gasteiger partial charge on any atom is 0.251 e. The molecule has 3 nitrogen and oxygen atoms in total. The topological polar surface area (TPSA) is 49.3 Å². The Kier molecular flexibility index (Phi) is 5.58. The second kappa shape index (κ2) is 7.68. The highest BCUT2D eigenvalue weighted by Gasteiger charge is 2.14. The zero-order valence-corrected chi connectivity index (χ0v) is 15.5. The first-order valence-corrected chi connectivity index (χ1v) is 9.52. The van der Waals surface area contributed by atoms with Gasteiger partial charge in [-0.3, -0.25) is 4.79 Å². The van der Waals surface area contributed by atoms with Crippen molar-refractivity contribution < 1.29 is 9.90 Å². The lowest BCUT2D eigenvalue weighted by Crippen LogP contribution is -2.22. The van der Waals surface area contributed by atoms with Gasteiger partial charge in [0.25, 0.3) is 5.91 Å². The monoisotopic (exact) mass is 397 g/mol. The largest absolute Gasteiger partial charge is 0.382 e. The molecule has 1 aromatic carbocycles. The van der Waals surface area contributed by atoms with Gasteiger partial charge in [-0.1, -0.05) is 29.3 Å². The van der Waals surface area contributed by atoms with E-state index in [9.17, 15) is 9.90 Å². The summed E-state index contributed by atoms with van der Waals surface area (Å²) in [5.41, 5.74) is 0.419. The minimum Gasteiger partial charge on any atom is -0.382 e.